The summed E-state index contributed by atoms with van der Waals surface area (Å²) in [5, 5.41) is 22.4. The molecular formula is C16H9Cl2N3O5. The van der Waals surface area contributed by atoms with Crippen molar-refractivity contribution in [2.75, 3.05) is 11.9 Å². The van der Waals surface area contributed by atoms with Gasteiger partial charge in [0.1, 0.15) is 11.6 Å². The lowest BCUT2D eigenvalue weighted by Gasteiger charge is -2.08. The minimum atomic E-state index is -1.04. The van der Waals surface area contributed by atoms with Crippen LogP contribution in [-0.2, 0) is 9.53 Å². The van der Waals surface area contributed by atoms with Crippen LogP contribution in [0, 0.1) is 21.4 Å². The molecule has 0 spiro atoms. The van der Waals surface area contributed by atoms with Crippen LogP contribution < -0.4 is 5.32 Å². The first-order valence-corrected chi connectivity index (χ1v) is 7.68. The van der Waals surface area contributed by atoms with Crippen LogP contribution in [0.4, 0.5) is 11.4 Å². The number of carbonyl (C=O) groups is 2. The summed E-state index contributed by atoms with van der Waals surface area (Å²) in [4.78, 5) is 34.0. The lowest BCUT2D eigenvalue weighted by molar-refractivity contribution is -0.385. The molecule has 2 rings (SSSR count). The minimum absolute atomic E-state index is 0.0867. The molecule has 132 valence electrons. The van der Waals surface area contributed by atoms with E-state index in [2.05, 4.69) is 5.32 Å². The number of benzene rings is 2. The average molecular weight is 394 g/mol. The van der Waals surface area contributed by atoms with Crippen LogP contribution >= 0.6 is 23.2 Å². The lowest BCUT2D eigenvalue weighted by atomic mass is 10.2. The van der Waals surface area contributed by atoms with Crippen LogP contribution in [0.5, 0.6) is 0 Å². The molecule has 1 N–H and O–H groups in total. The van der Waals surface area contributed by atoms with E-state index in [1.807, 2.05) is 6.07 Å². The maximum Gasteiger partial charge on any atom is 0.345 e. The summed E-state index contributed by atoms with van der Waals surface area (Å²) in [5.41, 5.74) is -0.311. The number of amides is 1. The molecule has 0 aliphatic heterocycles. The average Bonchev–Trinajstić information content (AvgIpc) is 2.59. The van der Waals surface area contributed by atoms with Gasteiger partial charge in [0.25, 0.3) is 11.6 Å². The lowest BCUT2D eigenvalue weighted by Crippen LogP contribution is -2.21. The third-order valence-electron chi connectivity index (χ3n) is 3.08. The maximum atomic E-state index is 12.0. The first-order valence-electron chi connectivity index (χ1n) is 6.92. The van der Waals surface area contributed by atoms with Crippen LogP contribution in [-0.4, -0.2) is 23.4 Å². The van der Waals surface area contributed by atoms with Gasteiger partial charge in [0, 0.05) is 16.8 Å². The standard InChI is InChI=1S/C16H9Cl2N3O5/c17-10-2-4-12(14(5-10)21(24)25)16(23)26-8-15(22)20-11-3-1-9(7-19)13(18)6-11/h1-6H,8H2,(H,20,22). The van der Waals surface area contributed by atoms with Crippen LogP contribution in [0.3, 0.4) is 0 Å². The number of nitrogens with one attached hydrogen (secondary N) is 1. The second-order valence-electron chi connectivity index (χ2n) is 4.85. The molecule has 0 bridgehead atoms. The van der Waals surface area contributed by atoms with E-state index in [-0.39, 0.29) is 21.2 Å². The Bertz CT molecular complexity index is 940. The second kappa shape index (κ2) is 8.29. The van der Waals surface area contributed by atoms with E-state index in [4.69, 9.17) is 33.2 Å². The normalized spacial score (nSPS) is 9.88. The summed E-state index contributed by atoms with van der Waals surface area (Å²) in [6, 6.07) is 9.56. The predicted octanol–water partition coefficient (Wildman–Crippen LogP) is 3.57. The molecule has 0 saturated carbocycles. The van der Waals surface area contributed by atoms with Crippen molar-refractivity contribution in [2.45, 2.75) is 0 Å². The highest BCUT2D eigenvalue weighted by atomic mass is 35.5. The van der Waals surface area contributed by atoms with Crippen molar-refractivity contribution in [1.29, 1.82) is 5.26 Å². The number of halogens is 2. The maximum absolute atomic E-state index is 12.0. The highest BCUT2D eigenvalue weighted by Crippen LogP contribution is 2.24. The van der Waals surface area contributed by atoms with Crippen molar-refractivity contribution in [3.8, 4) is 6.07 Å². The van der Waals surface area contributed by atoms with Gasteiger partial charge in [0.15, 0.2) is 6.61 Å². The van der Waals surface area contributed by atoms with Gasteiger partial charge in [0.05, 0.1) is 15.5 Å². The number of nitro groups is 1. The number of carbonyl (C=O) groups excluding carboxylic acids is 2. The Morgan fingerprint density at radius 1 is 1.23 bits per heavy atom. The Morgan fingerprint density at radius 3 is 2.58 bits per heavy atom. The molecule has 8 nitrogen and oxygen atoms in total. The van der Waals surface area contributed by atoms with Gasteiger partial charge in [-0.2, -0.15) is 5.26 Å². The molecule has 0 aliphatic carbocycles. The van der Waals surface area contributed by atoms with Crippen molar-refractivity contribution >= 4 is 46.5 Å². The summed E-state index contributed by atoms with van der Waals surface area (Å²) >= 11 is 11.5. The summed E-state index contributed by atoms with van der Waals surface area (Å²) in [7, 11) is 0. The Hall–Kier alpha value is -3.15. The molecule has 10 heteroatoms. The van der Waals surface area contributed by atoms with Gasteiger partial charge in [-0.3, -0.25) is 14.9 Å². The first-order chi connectivity index (χ1) is 12.3. The van der Waals surface area contributed by atoms with Crippen molar-refractivity contribution in [3.05, 3.63) is 67.7 Å². The van der Waals surface area contributed by atoms with Gasteiger partial charge >= 0.3 is 5.97 Å². The zero-order chi connectivity index (χ0) is 19.3. The summed E-state index contributed by atoms with van der Waals surface area (Å²) in [6.07, 6.45) is 0. The number of rotatable bonds is 5. The van der Waals surface area contributed by atoms with Crippen LogP contribution in [0.25, 0.3) is 0 Å². The Labute approximate surface area is 157 Å². The second-order valence-corrected chi connectivity index (χ2v) is 5.69. The number of nitrogens with zero attached hydrogens (tertiary/aromatic N) is 2. The third-order valence-corrected chi connectivity index (χ3v) is 3.63. The molecule has 0 unspecified atom stereocenters. The van der Waals surface area contributed by atoms with E-state index in [1.54, 1.807) is 0 Å². The van der Waals surface area contributed by atoms with Gasteiger partial charge in [-0.25, -0.2) is 4.79 Å². The summed E-state index contributed by atoms with van der Waals surface area (Å²) in [5.74, 6) is -1.72. The summed E-state index contributed by atoms with van der Waals surface area (Å²) in [6.45, 7) is -0.670. The van der Waals surface area contributed by atoms with E-state index in [0.717, 1.165) is 12.1 Å². The van der Waals surface area contributed by atoms with Gasteiger partial charge in [-0.15, -0.1) is 0 Å². The number of nitriles is 1. The van der Waals surface area contributed by atoms with Crippen molar-refractivity contribution in [3.63, 3.8) is 0 Å². The highest BCUT2D eigenvalue weighted by molar-refractivity contribution is 6.32. The summed E-state index contributed by atoms with van der Waals surface area (Å²) < 4.78 is 4.78. The van der Waals surface area contributed by atoms with Gasteiger partial charge in [-0.05, 0) is 30.3 Å². The molecule has 0 aliphatic rings. The molecule has 0 radical (unpaired) electrons. The topological polar surface area (TPSA) is 122 Å². The Kier molecular flexibility index (Phi) is 6.11. The smallest absolute Gasteiger partial charge is 0.345 e. The van der Waals surface area contributed by atoms with Gasteiger partial charge < -0.3 is 10.1 Å². The van der Waals surface area contributed by atoms with Crippen LogP contribution in [0.2, 0.25) is 10.0 Å². The van der Waals surface area contributed by atoms with Gasteiger partial charge in [-0.1, -0.05) is 23.2 Å². The number of hydrogen-bond donors (Lipinski definition) is 1. The van der Waals surface area contributed by atoms with Crippen molar-refractivity contribution in [2.24, 2.45) is 0 Å². The Morgan fingerprint density at radius 2 is 1.96 bits per heavy atom. The van der Waals surface area contributed by atoms with Crippen LogP contribution in [0.15, 0.2) is 36.4 Å². The number of anilines is 1. The molecule has 0 heterocycles. The predicted molar refractivity (Wildman–Crippen MR) is 93.2 cm³/mol. The van der Waals surface area contributed by atoms with E-state index in [0.29, 0.717) is 5.69 Å². The number of nitro benzene ring substituents is 1. The fraction of sp³-hybridized carbons (Fsp3) is 0.0625. The Balaban J connectivity index is 2.02. The molecule has 0 saturated heterocycles. The molecule has 1 amide bonds. The highest BCUT2D eigenvalue weighted by Gasteiger charge is 2.22. The zero-order valence-electron chi connectivity index (χ0n) is 12.9. The molecular weight excluding hydrogens is 385 g/mol. The number of hydrogen-bond acceptors (Lipinski definition) is 6. The van der Waals surface area contributed by atoms with Crippen molar-refractivity contribution in [1.82, 2.24) is 0 Å². The SMILES string of the molecule is N#Cc1ccc(NC(=O)COC(=O)c2ccc(Cl)cc2[N+](=O)[O-])cc1Cl. The monoisotopic (exact) mass is 393 g/mol. The molecule has 0 aromatic heterocycles. The van der Waals surface area contributed by atoms with E-state index >= 15 is 0 Å². The molecule has 0 atom stereocenters. The fourth-order valence-electron chi connectivity index (χ4n) is 1.92. The quantitative estimate of drug-likeness (QED) is 0.470. The first kappa shape index (κ1) is 19.2. The number of ether oxygens (including phenoxy) is 1. The van der Waals surface area contributed by atoms with E-state index < -0.39 is 29.1 Å². The zero-order valence-corrected chi connectivity index (χ0v) is 14.4. The van der Waals surface area contributed by atoms with Crippen molar-refractivity contribution < 1.29 is 19.2 Å². The van der Waals surface area contributed by atoms with E-state index in [1.165, 1.54) is 24.3 Å². The molecule has 0 fully saturated rings. The molecule has 26 heavy (non-hydrogen) atoms. The third kappa shape index (κ3) is 4.69. The molecule has 2 aromatic carbocycles. The van der Waals surface area contributed by atoms with Gasteiger partial charge in [0.2, 0.25) is 0 Å². The molecule has 2 aromatic rings. The fourth-order valence-corrected chi connectivity index (χ4v) is 2.31. The minimum Gasteiger partial charge on any atom is -0.452 e. The number of esters is 1. The van der Waals surface area contributed by atoms with E-state index in [9.17, 15) is 19.7 Å². The van der Waals surface area contributed by atoms with Crippen LogP contribution in [0.1, 0.15) is 15.9 Å². The largest absolute Gasteiger partial charge is 0.452 e.